The van der Waals surface area contributed by atoms with E-state index in [-0.39, 0.29) is 0 Å². The molecule has 0 saturated heterocycles. The van der Waals surface area contributed by atoms with Gasteiger partial charge >= 0.3 is 0 Å². The second-order valence-corrected chi connectivity index (χ2v) is 9.84. The molecule has 4 aromatic carbocycles. The predicted octanol–water partition coefficient (Wildman–Crippen LogP) is 5.61. The molecular formula is C28H24NOP. The molecular weight excluding hydrogens is 397 g/mol. The monoisotopic (exact) mass is 421 g/mol. The van der Waals surface area contributed by atoms with Gasteiger partial charge in [-0.3, -0.25) is 4.57 Å². The molecule has 4 aromatic rings. The van der Waals surface area contributed by atoms with Gasteiger partial charge in [-0.15, -0.1) is 0 Å². The molecule has 0 aliphatic heterocycles. The van der Waals surface area contributed by atoms with Crippen molar-refractivity contribution in [1.29, 1.82) is 0 Å². The Morgan fingerprint density at radius 3 is 1.71 bits per heavy atom. The fourth-order valence-corrected chi connectivity index (χ4v) is 5.87. The Morgan fingerprint density at radius 1 is 0.677 bits per heavy atom. The fourth-order valence-electron chi connectivity index (χ4n) is 3.52. The number of nitrogens with one attached hydrogen (secondary N) is 1. The SMILES string of the molecule is Cc1ccccc1[C@H](C#Cc1ccccc1)NP(=O)(c1ccccc1)c1ccccc1. The average molecular weight is 421 g/mol. The molecule has 0 fully saturated rings. The van der Waals surface area contributed by atoms with E-state index in [0.717, 1.165) is 27.3 Å². The first-order chi connectivity index (χ1) is 15.2. The van der Waals surface area contributed by atoms with Crippen molar-refractivity contribution in [3.63, 3.8) is 0 Å². The van der Waals surface area contributed by atoms with Gasteiger partial charge in [-0.1, -0.05) is 90.7 Å². The lowest BCUT2D eigenvalue weighted by atomic mass is 10.0. The Morgan fingerprint density at radius 2 is 1.16 bits per heavy atom. The molecule has 31 heavy (non-hydrogen) atoms. The highest BCUT2D eigenvalue weighted by Crippen LogP contribution is 2.42. The van der Waals surface area contributed by atoms with Crippen molar-refractivity contribution in [2.75, 3.05) is 0 Å². The number of hydrogen-bond donors (Lipinski definition) is 1. The number of rotatable bonds is 5. The van der Waals surface area contributed by atoms with Gasteiger partial charge in [0.15, 0.2) is 0 Å². The van der Waals surface area contributed by atoms with E-state index in [1.54, 1.807) is 0 Å². The normalized spacial score (nSPS) is 11.9. The minimum atomic E-state index is -3.14. The lowest BCUT2D eigenvalue weighted by molar-refractivity contribution is 0.574. The predicted molar refractivity (Wildman–Crippen MR) is 130 cm³/mol. The zero-order chi connectivity index (χ0) is 21.5. The molecule has 0 radical (unpaired) electrons. The van der Waals surface area contributed by atoms with Gasteiger partial charge in [0.05, 0.1) is 0 Å². The first kappa shape index (κ1) is 20.9. The van der Waals surface area contributed by atoms with E-state index >= 15 is 0 Å². The van der Waals surface area contributed by atoms with Crippen molar-refractivity contribution in [3.8, 4) is 11.8 Å². The van der Waals surface area contributed by atoms with Crippen LogP contribution < -0.4 is 15.7 Å². The highest BCUT2D eigenvalue weighted by Gasteiger charge is 2.30. The topological polar surface area (TPSA) is 29.1 Å². The average Bonchev–Trinajstić information content (AvgIpc) is 2.84. The summed E-state index contributed by atoms with van der Waals surface area (Å²) in [6.07, 6.45) is 0. The van der Waals surface area contributed by atoms with E-state index in [1.165, 1.54) is 0 Å². The van der Waals surface area contributed by atoms with Crippen molar-refractivity contribution < 1.29 is 4.57 Å². The maximum Gasteiger partial charge on any atom is 0.205 e. The third-order valence-electron chi connectivity index (χ3n) is 5.18. The second kappa shape index (κ2) is 9.63. The molecule has 0 aliphatic carbocycles. The maximum atomic E-state index is 14.5. The molecule has 1 atom stereocenters. The van der Waals surface area contributed by atoms with Crippen LogP contribution in [0.25, 0.3) is 0 Å². The Labute approximate surface area is 184 Å². The van der Waals surface area contributed by atoms with Gasteiger partial charge in [0.25, 0.3) is 0 Å². The Bertz CT molecular complexity index is 1200. The van der Waals surface area contributed by atoms with Crippen molar-refractivity contribution in [2.24, 2.45) is 0 Å². The van der Waals surface area contributed by atoms with Gasteiger partial charge < -0.3 is 0 Å². The molecule has 152 valence electrons. The largest absolute Gasteiger partial charge is 0.296 e. The van der Waals surface area contributed by atoms with E-state index in [9.17, 15) is 4.57 Å². The van der Waals surface area contributed by atoms with Crippen LogP contribution in [0.5, 0.6) is 0 Å². The summed E-state index contributed by atoms with van der Waals surface area (Å²) in [5.41, 5.74) is 3.06. The van der Waals surface area contributed by atoms with Crippen molar-refractivity contribution in [2.45, 2.75) is 13.0 Å². The molecule has 2 nitrogen and oxygen atoms in total. The zero-order valence-corrected chi connectivity index (χ0v) is 18.3. The quantitative estimate of drug-likeness (QED) is 0.335. The molecule has 4 rings (SSSR count). The van der Waals surface area contributed by atoms with Gasteiger partial charge in [-0.25, -0.2) is 5.09 Å². The summed E-state index contributed by atoms with van der Waals surface area (Å²) in [7, 11) is -3.14. The molecule has 3 heteroatoms. The zero-order valence-electron chi connectivity index (χ0n) is 17.4. The third-order valence-corrected chi connectivity index (χ3v) is 7.86. The first-order valence-corrected chi connectivity index (χ1v) is 12.0. The van der Waals surface area contributed by atoms with E-state index < -0.39 is 13.3 Å². The molecule has 0 amide bonds. The third kappa shape index (κ3) is 4.86. The van der Waals surface area contributed by atoms with Crippen molar-refractivity contribution >= 4 is 17.9 Å². The highest BCUT2D eigenvalue weighted by atomic mass is 31.2. The molecule has 1 N–H and O–H groups in total. The maximum absolute atomic E-state index is 14.5. The Kier molecular flexibility index (Phi) is 6.48. The molecule has 0 saturated carbocycles. The summed E-state index contributed by atoms with van der Waals surface area (Å²) >= 11 is 0. The Balaban J connectivity index is 1.83. The van der Waals surface area contributed by atoms with Gasteiger partial charge in [0.1, 0.15) is 6.04 Å². The number of aryl methyl sites for hydroxylation is 1. The van der Waals surface area contributed by atoms with Crippen LogP contribution >= 0.6 is 7.29 Å². The molecule has 0 aliphatic rings. The second-order valence-electron chi connectivity index (χ2n) is 7.33. The van der Waals surface area contributed by atoms with E-state index in [2.05, 4.69) is 29.9 Å². The van der Waals surface area contributed by atoms with Gasteiger partial charge in [0.2, 0.25) is 7.29 Å². The van der Waals surface area contributed by atoms with Crippen LogP contribution in [0.2, 0.25) is 0 Å². The minimum absolute atomic E-state index is 0.396. The van der Waals surface area contributed by atoms with Crippen LogP contribution in [0.15, 0.2) is 115 Å². The van der Waals surface area contributed by atoms with Gasteiger partial charge in [0, 0.05) is 16.2 Å². The standard InChI is InChI=1S/C28H24NOP/c1-23-13-11-12-20-27(23)28(22-21-24-14-5-2-6-15-24)29-31(30,25-16-7-3-8-17-25)26-18-9-4-10-19-26/h2-20,28H,1H3,(H,29,30)/t28-/m0/s1. The molecule has 0 aromatic heterocycles. The van der Waals surface area contributed by atoms with Crippen LogP contribution in [-0.4, -0.2) is 0 Å². The van der Waals surface area contributed by atoms with Crippen LogP contribution in [0.1, 0.15) is 22.7 Å². The summed E-state index contributed by atoms with van der Waals surface area (Å²) < 4.78 is 14.5. The van der Waals surface area contributed by atoms with Crippen LogP contribution in [-0.2, 0) is 4.57 Å². The van der Waals surface area contributed by atoms with Crippen LogP contribution in [0, 0.1) is 18.8 Å². The summed E-state index contributed by atoms with van der Waals surface area (Å²) in [4.78, 5) is 0. The molecule has 0 bridgehead atoms. The summed E-state index contributed by atoms with van der Waals surface area (Å²) in [5.74, 6) is 6.62. The lowest BCUT2D eigenvalue weighted by Gasteiger charge is -2.25. The highest BCUT2D eigenvalue weighted by molar-refractivity contribution is 7.76. The van der Waals surface area contributed by atoms with E-state index in [4.69, 9.17) is 0 Å². The lowest BCUT2D eigenvalue weighted by Crippen LogP contribution is -2.30. The summed E-state index contributed by atoms with van der Waals surface area (Å²) in [6.45, 7) is 2.06. The first-order valence-electron chi connectivity index (χ1n) is 10.3. The van der Waals surface area contributed by atoms with Crippen molar-refractivity contribution in [3.05, 3.63) is 132 Å². The smallest absolute Gasteiger partial charge is 0.205 e. The molecule has 0 unspecified atom stereocenters. The van der Waals surface area contributed by atoms with E-state index in [0.29, 0.717) is 0 Å². The fraction of sp³-hybridized carbons (Fsp3) is 0.0714. The summed E-state index contributed by atoms with van der Waals surface area (Å²) in [6, 6.07) is 36.8. The number of benzene rings is 4. The van der Waals surface area contributed by atoms with Crippen LogP contribution in [0.4, 0.5) is 0 Å². The van der Waals surface area contributed by atoms with Crippen LogP contribution in [0.3, 0.4) is 0 Å². The van der Waals surface area contributed by atoms with Gasteiger partial charge in [-0.2, -0.15) is 0 Å². The van der Waals surface area contributed by atoms with Crippen molar-refractivity contribution in [1.82, 2.24) is 5.09 Å². The van der Waals surface area contributed by atoms with E-state index in [1.807, 2.05) is 109 Å². The Hall–Kier alpha value is -3.37. The molecule has 0 heterocycles. The number of hydrogen-bond acceptors (Lipinski definition) is 1. The minimum Gasteiger partial charge on any atom is -0.296 e. The summed E-state index contributed by atoms with van der Waals surface area (Å²) in [5, 5.41) is 5.00. The van der Waals surface area contributed by atoms with Gasteiger partial charge in [-0.05, 0) is 54.4 Å². The molecule has 0 spiro atoms.